The monoisotopic (exact) mass is 446 g/mol. The van der Waals surface area contributed by atoms with Crippen LogP contribution in [-0.4, -0.2) is 41.9 Å². The number of anilines is 2. The molecule has 3 heterocycles. The molecule has 166 valence electrons. The molecule has 4 rings (SSSR count). The van der Waals surface area contributed by atoms with Gasteiger partial charge in [-0.1, -0.05) is 0 Å². The van der Waals surface area contributed by atoms with Crippen LogP contribution in [0.2, 0.25) is 0 Å². The van der Waals surface area contributed by atoms with Crippen molar-refractivity contribution >= 4 is 17.3 Å². The number of aromatic nitrogens is 6. The van der Waals surface area contributed by atoms with E-state index in [1.807, 2.05) is 0 Å². The third kappa shape index (κ3) is 4.77. The van der Waals surface area contributed by atoms with Crippen molar-refractivity contribution < 1.29 is 26.3 Å². The Labute approximate surface area is 171 Å². The summed E-state index contributed by atoms with van der Waals surface area (Å²) in [5, 5.41) is 16.6. The first-order valence-corrected chi connectivity index (χ1v) is 9.32. The van der Waals surface area contributed by atoms with Crippen molar-refractivity contribution in [1.82, 2.24) is 29.8 Å². The Morgan fingerprint density at radius 2 is 1.45 bits per heavy atom. The molecule has 31 heavy (non-hydrogen) atoms. The Balaban J connectivity index is 1.36. The molecular weight excluding hydrogens is 430 g/mol. The molecule has 1 saturated carbocycles. The first kappa shape index (κ1) is 21.1. The SMILES string of the molecule is FC(F)(F)c1nccc(NC2CCC(Nc3ccc4nnc(C(F)(F)F)n4n3)CC2)n1. The van der Waals surface area contributed by atoms with Crippen LogP contribution in [-0.2, 0) is 12.4 Å². The lowest BCUT2D eigenvalue weighted by Gasteiger charge is -2.30. The number of nitrogens with zero attached hydrogens (tertiary/aromatic N) is 6. The van der Waals surface area contributed by atoms with Crippen LogP contribution < -0.4 is 10.6 Å². The van der Waals surface area contributed by atoms with Gasteiger partial charge in [0, 0.05) is 18.3 Å². The van der Waals surface area contributed by atoms with E-state index in [4.69, 9.17) is 0 Å². The van der Waals surface area contributed by atoms with Crippen molar-refractivity contribution in [3.05, 3.63) is 36.0 Å². The van der Waals surface area contributed by atoms with E-state index in [2.05, 4.69) is 35.9 Å². The van der Waals surface area contributed by atoms with Gasteiger partial charge in [-0.25, -0.2) is 9.97 Å². The first-order chi connectivity index (χ1) is 14.6. The first-order valence-electron chi connectivity index (χ1n) is 9.32. The number of rotatable bonds is 4. The van der Waals surface area contributed by atoms with E-state index < -0.39 is 24.0 Å². The fraction of sp³-hybridized carbons (Fsp3) is 0.471. The molecule has 0 spiro atoms. The second-order valence-corrected chi connectivity index (χ2v) is 7.11. The number of fused-ring (bicyclic) bond motifs is 1. The number of hydrogen-bond acceptors (Lipinski definition) is 7. The lowest BCUT2D eigenvalue weighted by Crippen LogP contribution is -2.33. The van der Waals surface area contributed by atoms with Gasteiger partial charge in [-0.05, 0) is 43.9 Å². The summed E-state index contributed by atoms with van der Waals surface area (Å²) >= 11 is 0. The summed E-state index contributed by atoms with van der Waals surface area (Å²) in [7, 11) is 0. The largest absolute Gasteiger partial charge is 0.453 e. The molecule has 1 aliphatic carbocycles. The van der Waals surface area contributed by atoms with Crippen molar-refractivity contribution in [2.75, 3.05) is 10.6 Å². The average Bonchev–Trinajstić information content (AvgIpc) is 3.13. The highest BCUT2D eigenvalue weighted by molar-refractivity contribution is 5.45. The Hall–Kier alpha value is -3.19. The molecular formula is C17H16F6N8. The third-order valence-electron chi connectivity index (χ3n) is 4.86. The zero-order valence-corrected chi connectivity index (χ0v) is 15.7. The molecule has 0 bridgehead atoms. The summed E-state index contributed by atoms with van der Waals surface area (Å²) in [6.07, 6.45) is -5.71. The van der Waals surface area contributed by atoms with Crippen molar-refractivity contribution in [3.63, 3.8) is 0 Å². The van der Waals surface area contributed by atoms with E-state index in [1.165, 1.54) is 18.2 Å². The van der Waals surface area contributed by atoms with Gasteiger partial charge in [-0.3, -0.25) is 0 Å². The van der Waals surface area contributed by atoms with Crippen LogP contribution in [0.3, 0.4) is 0 Å². The van der Waals surface area contributed by atoms with Gasteiger partial charge in [0.25, 0.3) is 5.82 Å². The minimum Gasteiger partial charge on any atom is -0.367 e. The molecule has 2 N–H and O–H groups in total. The molecule has 0 unspecified atom stereocenters. The Morgan fingerprint density at radius 3 is 2.06 bits per heavy atom. The predicted octanol–water partition coefficient (Wildman–Crippen LogP) is 3.79. The van der Waals surface area contributed by atoms with Gasteiger partial charge in [-0.2, -0.15) is 30.9 Å². The molecule has 1 fully saturated rings. The van der Waals surface area contributed by atoms with Crippen LogP contribution in [0.25, 0.3) is 5.65 Å². The van der Waals surface area contributed by atoms with Gasteiger partial charge in [0.2, 0.25) is 5.82 Å². The van der Waals surface area contributed by atoms with Gasteiger partial charge in [0.05, 0.1) is 0 Å². The summed E-state index contributed by atoms with van der Waals surface area (Å²) in [5.41, 5.74) is -0.0196. The highest BCUT2D eigenvalue weighted by Crippen LogP contribution is 2.29. The Bertz CT molecular complexity index is 1050. The van der Waals surface area contributed by atoms with Crippen molar-refractivity contribution in [2.24, 2.45) is 0 Å². The number of hydrogen-bond donors (Lipinski definition) is 2. The number of alkyl halides is 6. The highest BCUT2D eigenvalue weighted by Gasteiger charge is 2.38. The van der Waals surface area contributed by atoms with E-state index in [1.54, 1.807) is 0 Å². The molecule has 1 aliphatic rings. The van der Waals surface area contributed by atoms with Crippen molar-refractivity contribution in [1.29, 1.82) is 0 Å². The van der Waals surface area contributed by atoms with Crippen LogP contribution in [0, 0.1) is 0 Å². The second kappa shape index (κ2) is 7.81. The Kier molecular flexibility index (Phi) is 5.31. The molecule has 0 aromatic carbocycles. The third-order valence-corrected chi connectivity index (χ3v) is 4.86. The summed E-state index contributed by atoms with van der Waals surface area (Å²) in [4.78, 5) is 6.72. The quantitative estimate of drug-likeness (QED) is 0.589. The maximum absolute atomic E-state index is 13.0. The molecule has 0 atom stereocenters. The van der Waals surface area contributed by atoms with Gasteiger partial charge in [0.1, 0.15) is 11.6 Å². The van der Waals surface area contributed by atoms with E-state index in [-0.39, 0.29) is 29.4 Å². The van der Waals surface area contributed by atoms with Crippen LogP contribution in [0.5, 0.6) is 0 Å². The average molecular weight is 446 g/mol. The number of halogens is 6. The fourth-order valence-corrected chi connectivity index (χ4v) is 3.42. The summed E-state index contributed by atoms with van der Waals surface area (Å²) in [6.45, 7) is 0. The smallest absolute Gasteiger partial charge is 0.367 e. The normalized spacial score (nSPS) is 20.1. The summed E-state index contributed by atoms with van der Waals surface area (Å²) < 4.78 is 77.8. The Morgan fingerprint density at radius 1 is 0.806 bits per heavy atom. The minimum atomic E-state index is -4.68. The van der Waals surface area contributed by atoms with E-state index in [9.17, 15) is 26.3 Å². The fourth-order valence-electron chi connectivity index (χ4n) is 3.42. The maximum atomic E-state index is 13.0. The van der Waals surface area contributed by atoms with E-state index >= 15 is 0 Å². The molecule has 3 aromatic rings. The lowest BCUT2D eigenvalue weighted by molar-refractivity contribution is -0.146. The van der Waals surface area contributed by atoms with Gasteiger partial charge in [0.15, 0.2) is 5.65 Å². The molecule has 0 radical (unpaired) electrons. The van der Waals surface area contributed by atoms with Crippen molar-refractivity contribution in [2.45, 2.75) is 50.1 Å². The minimum absolute atomic E-state index is 0.0196. The molecule has 0 amide bonds. The van der Waals surface area contributed by atoms with Crippen LogP contribution in [0.4, 0.5) is 38.0 Å². The van der Waals surface area contributed by atoms with Crippen LogP contribution in [0.15, 0.2) is 24.4 Å². The standard InChI is InChI=1S/C17H16F6N8/c18-16(19,20)14-24-8-7-11(27-14)25-9-1-3-10(4-2-9)26-12-5-6-13-28-29-15(17(21,22)23)31(13)30-12/h5-10H,1-4H2,(H,26,30)(H,24,25,27). The molecule has 3 aromatic heterocycles. The summed E-state index contributed by atoms with van der Waals surface area (Å²) in [5.74, 6) is -2.07. The van der Waals surface area contributed by atoms with E-state index in [0.717, 1.165) is 6.20 Å². The second-order valence-electron chi connectivity index (χ2n) is 7.11. The molecule has 14 heteroatoms. The van der Waals surface area contributed by atoms with Crippen LogP contribution in [0.1, 0.15) is 37.3 Å². The lowest BCUT2D eigenvalue weighted by atomic mass is 9.91. The van der Waals surface area contributed by atoms with Crippen LogP contribution >= 0.6 is 0 Å². The maximum Gasteiger partial charge on any atom is 0.453 e. The topological polar surface area (TPSA) is 92.9 Å². The van der Waals surface area contributed by atoms with Gasteiger partial charge in [-0.15, -0.1) is 15.3 Å². The predicted molar refractivity (Wildman–Crippen MR) is 96.1 cm³/mol. The molecule has 0 aliphatic heterocycles. The zero-order valence-electron chi connectivity index (χ0n) is 15.7. The highest BCUT2D eigenvalue weighted by atomic mass is 19.4. The van der Waals surface area contributed by atoms with Crippen molar-refractivity contribution in [3.8, 4) is 0 Å². The molecule has 0 saturated heterocycles. The zero-order chi connectivity index (χ0) is 22.2. The van der Waals surface area contributed by atoms with Gasteiger partial charge >= 0.3 is 12.4 Å². The molecule has 8 nitrogen and oxygen atoms in total. The summed E-state index contributed by atoms with van der Waals surface area (Å²) in [6, 6.07) is 4.14. The van der Waals surface area contributed by atoms with Gasteiger partial charge < -0.3 is 10.6 Å². The van der Waals surface area contributed by atoms with E-state index in [0.29, 0.717) is 30.2 Å². The number of nitrogens with one attached hydrogen (secondary N) is 2.